The normalized spacial score (nSPS) is 12.5. The molecule has 0 heterocycles. The van der Waals surface area contributed by atoms with Crippen LogP contribution >= 0.6 is 0 Å². The Hall–Kier alpha value is -1.09. The zero-order valence-corrected chi connectivity index (χ0v) is 7.88. The highest BCUT2D eigenvalue weighted by molar-refractivity contribution is 5.43. The molecule has 0 amide bonds. The fraction of sp³-hybridized carbons (Fsp3) is 0.400. The van der Waals surface area contributed by atoms with E-state index in [4.69, 9.17) is 4.74 Å². The summed E-state index contributed by atoms with van der Waals surface area (Å²) in [5.74, 6) is -0.227. The van der Waals surface area contributed by atoms with Crippen molar-refractivity contribution in [3.63, 3.8) is 0 Å². The molecule has 0 fully saturated rings. The third kappa shape index (κ3) is 3.42. The summed E-state index contributed by atoms with van der Waals surface area (Å²) in [7, 11) is 1.64. The van der Waals surface area contributed by atoms with Crippen LogP contribution in [-0.4, -0.2) is 19.8 Å². The second-order valence-electron chi connectivity index (χ2n) is 3.01. The van der Waals surface area contributed by atoms with Gasteiger partial charge in [0.2, 0.25) is 0 Å². The second kappa shape index (κ2) is 4.82. The number of halogens is 1. The van der Waals surface area contributed by atoms with Crippen LogP contribution < -0.4 is 5.32 Å². The van der Waals surface area contributed by atoms with Crippen LogP contribution in [0.4, 0.5) is 10.1 Å². The van der Waals surface area contributed by atoms with E-state index in [1.165, 1.54) is 12.1 Å². The molecule has 0 bridgehead atoms. The van der Waals surface area contributed by atoms with E-state index < -0.39 is 0 Å². The molecule has 0 aliphatic carbocycles. The minimum absolute atomic E-state index is 0.187. The van der Waals surface area contributed by atoms with E-state index in [-0.39, 0.29) is 11.9 Å². The van der Waals surface area contributed by atoms with Gasteiger partial charge in [0.05, 0.1) is 6.61 Å². The summed E-state index contributed by atoms with van der Waals surface area (Å²) in [5.41, 5.74) is 0.782. The quantitative estimate of drug-likeness (QED) is 0.773. The Morgan fingerprint density at radius 1 is 1.54 bits per heavy atom. The highest BCUT2D eigenvalue weighted by Gasteiger charge is 2.00. The van der Waals surface area contributed by atoms with E-state index in [1.807, 2.05) is 13.0 Å². The minimum Gasteiger partial charge on any atom is -0.383 e. The zero-order chi connectivity index (χ0) is 9.68. The zero-order valence-electron chi connectivity index (χ0n) is 7.88. The van der Waals surface area contributed by atoms with Crippen LogP contribution in [0.5, 0.6) is 0 Å². The number of anilines is 1. The molecule has 1 rings (SSSR count). The van der Waals surface area contributed by atoms with Crippen molar-refractivity contribution in [3.8, 4) is 0 Å². The first-order valence-electron chi connectivity index (χ1n) is 4.23. The number of hydrogen-bond donors (Lipinski definition) is 1. The minimum atomic E-state index is -0.227. The average molecular weight is 183 g/mol. The van der Waals surface area contributed by atoms with Crippen molar-refractivity contribution in [1.29, 1.82) is 0 Å². The Morgan fingerprint density at radius 2 is 2.31 bits per heavy atom. The van der Waals surface area contributed by atoms with E-state index in [0.29, 0.717) is 6.61 Å². The van der Waals surface area contributed by atoms with Crippen molar-refractivity contribution >= 4 is 5.69 Å². The maximum Gasteiger partial charge on any atom is 0.125 e. The van der Waals surface area contributed by atoms with Gasteiger partial charge in [-0.3, -0.25) is 0 Å². The third-order valence-electron chi connectivity index (χ3n) is 1.65. The van der Waals surface area contributed by atoms with Gasteiger partial charge in [0, 0.05) is 18.8 Å². The van der Waals surface area contributed by atoms with Crippen LogP contribution in [0.3, 0.4) is 0 Å². The molecular weight excluding hydrogens is 169 g/mol. The highest BCUT2D eigenvalue weighted by atomic mass is 19.1. The second-order valence-corrected chi connectivity index (χ2v) is 3.01. The Balaban J connectivity index is 2.53. The van der Waals surface area contributed by atoms with Gasteiger partial charge >= 0.3 is 0 Å². The van der Waals surface area contributed by atoms with Crippen molar-refractivity contribution in [2.75, 3.05) is 19.0 Å². The lowest BCUT2D eigenvalue weighted by Gasteiger charge is -2.13. The Bertz CT molecular complexity index is 265. The first kappa shape index (κ1) is 9.99. The third-order valence-corrected chi connectivity index (χ3v) is 1.65. The summed E-state index contributed by atoms with van der Waals surface area (Å²) < 4.78 is 17.7. The van der Waals surface area contributed by atoms with Gasteiger partial charge in [-0.15, -0.1) is 0 Å². The first-order valence-corrected chi connectivity index (χ1v) is 4.23. The Labute approximate surface area is 77.7 Å². The van der Waals surface area contributed by atoms with Gasteiger partial charge in [-0.05, 0) is 25.1 Å². The maximum atomic E-state index is 12.7. The SMILES string of the molecule is COC[C@H](C)Nc1cccc(F)c1. The molecule has 13 heavy (non-hydrogen) atoms. The van der Waals surface area contributed by atoms with Gasteiger partial charge in [0.1, 0.15) is 5.82 Å². The number of benzene rings is 1. The van der Waals surface area contributed by atoms with E-state index >= 15 is 0 Å². The lowest BCUT2D eigenvalue weighted by atomic mass is 10.2. The number of rotatable bonds is 4. The van der Waals surface area contributed by atoms with Crippen molar-refractivity contribution in [1.82, 2.24) is 0 Å². The summed E-state index contributed by atoms with van der Waals surface area (Å²) in [5, 5.41) is 3.12. The topological polar surface area (TPSA) is 21.3 Å². The van der Waals surface area contributed by atoms with Gasteiger partial charge < -0.3 is 10.1 Å². The molecule has 0 saturated heterocycles. The standard InChI is InChI=1S/C10H14FNO/c1-8(7-13-2)12-10-5-3-4-9(11)6-10/h3-6,8,12H,7H2,1-2H3/t8-/m0/s1. The van der Waals surface area contributed by atoms with Gasteiger partial charge in [0.15, 0.2) is 0 Å². The van der Waals surface area contributed by atoms with Crippen molar-refractivity contribution in [2.45, 2.75) is 13.0 Å². The lowest BCUT2D eigenvalue weighted by molar-refractivity contribution is 0.190. The molecule has 2 nitrogen and oxygen atoms in total. The number of hydrogen-bond acceptors (Lipinski definition) is 2. The van der Waals surface area contributed by atoms with Crippen molar-refractivity contribution < 1.29 is 9.13 Å². The van der Waals surface area contributed by atoms with Gasteiger partial charge in [-0.2, -0.15) is 0 Å². The van der Waals surface area contributed by atoms with Gasteiger partial charge in [0.25, 0.3) is 0 Å². The molecular formula is C10H14FNO. The molecule has 0 aliphatic heterocycles. The van der Waals surface area contributed by atoms with Crippen LogP contribution in [0, 0.1) is 5.82 Å². The van der Waals surface area contributed by atoms with Crippen LogP contribution in [0.25, 0.3) is 0 Å². The monoisotopic (exact) mass is 183 g/mol. The summed E-state index contributed by atoms with van der Waals surface area (Å²) in [6.45, 7) is 2.59. The summed E-state index contributed by atoms with van der Waals surface area (Å²) in [6, 6.07) is 6.58. The molecule has 0 aliphatic rings. The molecule has 1 aromatic carbocycles. The first-order chi connectivity index (χ1) is 6.22. The lowest BCUT2D eigenvalue weighted by Crippen LogP contribution is -2.20. The number of ether oxygens (including phenoxy) is 1. The molecule has 1 atom stereocenters. The van der Waals surface area contributed by atoms with E-state index in [2.05, 4.69) is 5.32 Å². The summed E-state index contributed by atoms with van der Waals surface area (Å²) >= 11 is 0. The van der Waals surface area contributed by atoms with E-state index in [0.717, 1.165) is 5.69 Å². The molecule has 0 unspecified atom stereocenters. The molecule has 1 N–H and O–H groups in total. The Morgan fingerprint density at radius 3 is 2.92 bits per heavy atom. The molecule has 1 aromatic rings. The van der Waals surface area contributed by atoms with Gasteiger partial charge in [-0.25, -0.2) is 4.39 Å². The van der Waals surface area contributed by atoms with Crippen LogP contribution in [0.1, 0.15) is 6.92 Å². The molecule has 0 spiro atoms. The number of methoxy groups -OCH3 is 1. The molecule has 0 saturated carbocycles. The van der Waals surface area contributed by atoms with Gasteiger partial charge in [-0.1, -0.05) is 6.07 Å². The molecule has 0 radical (unpaired) electrons. The predicted molar refractivity (Wildman–Crippen MR) is 51.4 cm³/mol. The fourth-order valence-electron chi connectivity index (χ4n) is 1.15. The summed E-state index contributed by atoms with van der Waals surface area (Å²) in [4.78, 5) is 0. The van der Waals surface area contributed by atoms with E-state index in [9.17, 15) is 4.39 Å². The largest absolute Gasteiger partial charge is 0.383 e. The van der Waals surface area contributed by atoms with Crippen LogP contribution in [0.2, 0.25) is 0 Å². The fourth-order valence-corrected chi connectivity index (χ4v) is 1.15. The summed E-state index contributed by atoms with van der Waals surface area (Å²) in [6.07, 6.45) is 0. The maximum absolute atomic E-state index is 12.7. The van der Waals surface area contributed by atoms with Crippen LogP contribution in [-0.2, 0) is 4.74 Å². The van der Waals surface area contributed by atoms with E-state index in [1.54, 1.807) is 13.2 Å². The highest BCUT2D eigenvalue weighted by Crippen LogP contribution is 2.10. The van der Waals surface area contributed by atoms with Crippen molar-refractivity contribution in [3.05, 3.63) is 30.1 Å². The smallest absolute Gasteiger partial charge is 0.125 e. The van der Waals surface area contributed by atoms with Crippen LogP contribution in [0.15, 0.2) is 24.3 Å². The average Bonchev–Trinajstić information content (AvgIpc) is 2.04. The molecule has 0 aromatic heterocycles. The molecule has 72 valence electrons. The predicted octanol–water partition coefficient (Wildman–Crippen LogP) is 2.27. The Kier molecular flexibility index (Phi) is 3.71. The molecule has 3 heteroatoms. The number of nitrogens with one attached hydrogen (secondary N) is 1. The van der Waals surface area contributed by atoms with Crippen molar-refractivity contribution in [2.24, 2.45) is 0 Å².